The molecular formula is C31H34FN7. The number of nitrogens with zero attached hydrogens (tertiary/aromatic N) is 5. The SMILES string of the molecule is C=C(Nc1cncc(F)c1)c1cnc(C)c(/C(=C\C)c2ccn3ncc(C(=C)NC4CCN(C)CC4)c3c2)c1. The standard InChI is InChI=1S/C31H34FN7/c1-6-28(29-13-24(16-34-21(29)3)20(2)36-27-15-25(32)17-33-18-27)23-7-12-39-31(14-23)30(19-35-39)22(4)37-26-8-10-38(5)11-9-26/h6-7,12-19,26,36-37H,2,4,8-11H2,1,3,5H3/b28-6-. The van der Waals surface area contributed by atoms with Crippen molar-refractivity contribution in [1.82, 2.24) is 29.8 Å². The monoisotopic (exact) mass is 523 g/mol. The van der Waals surface area contributed by atoms with Crippen LogP contribution >= 0.6 is 0 Å². The molecule has 2 N–H and O–H groups in total. The van der Waals surface area contributed by atoms with Crippen molar-refractivity contribution in [2.75, 3.05) is 25.5 Å². The number of halogens is 1. The minimum Gasteiger partial charge on any atom is -0.382 e. The van der Waals surface area contributed by atoms with Crippen LogP contribution in [0, 0.1) is 12.7 Å². The Morgan fingerprint density at radius 1 is 1.03 bits per heavy atom. The Hall–Kier alpha value is -4.30. The number of anilines is 1. The predicted octanol–water partition coefficient (Wildman–Crippen LogP) is 5.76. The third-order valence-corrected chi connectivity index (χ3v) is 7.27. The number of nitrogens with one attached hydrogen (secondary N) is 2. The zero-order chi connectivity index (χ0) is 27.5. The number of aromatic nitrogens is 4. The van der Waals surface area contributed by atoms with Crippen LogP contribution in [0.15, 0.2) is 74.5 Å². The van der Waals surface area contributed by atoms with Crippen molar-refractivity contribution in [3.63, 3.8) is 0 Å². The molecule has 4 aromatic heterocycles. The first kappa shape index (κ1) is 26.3. The number of allylic oxidation sites excluding steroid dienone is 1. The lowest BCUT2D eigenvalue weighted by atomic mass is 9.95. The van der Waals surface area contributed by atoms with Gasteiger partial charge in [-0.25, -0.2) is 8.91 Å². The van der Waals surface area contributed by atoms with Crippen LogP contribution < -0.4 is 10.6 Å². The van der Waals surface area contributed by atoms with E-state index in [9.17, 15) is 4.39 Å². The van der Waals surface area contributed by atoms with E-state index < -0.39 is 5.82 Å². The van der Waals surface area contributed by atoms with E-state index in [1.807, 2.05) is 30.8 Å². The number of hydrogen-bond acceptors (Lipinski definition) is 6. The van der Waals surface area contributed by atoms with Crippen LogP contribution in [0.3, 0.4) is 0 Å². The average Bonchev–Trinajstić information content (AvgIpc) is 3.35. The lowest BCUT2D eigenvalue weighted by molar-refractivity contribution is 0.245. The van der Waals surface area contributed by atoms with Gasteiger partial charge in [0.2, 0.25) is 0 Å². The summed E-state index contributed by atoms with van der Waals surface area (Å²) in [5.74, 6) is -0.411. The normalized spacial score (nSPS) is 14.9. The molecule has 0 saturated carbocycles. The van der Waals surface area contributed by atoms with Gasteiger partial charge in [-0.3, -0.25) is 9.97 Å². The topological polar surface area (TPSA) is 70.4 Å². The number of rotatable bonds is 8. The van der Waals surface area contributed by atoms with Crippen molar-refractivity contribution < 1.29 is 4.39 Å². The molecule has 4 aromatic rings. The predicted molar refractivity (Wildman–Crippen MR) is 156 cm³/mol. The zero-order valence-electron chi connectivity index (χ0n) is 22.7. The Kier molecular flexibility index (Phi) is 7.56. The molecule has 1 saturated heterocycles. The van der Waals surface area contributed by atoms with E-state index in [-0.39, 0.29) is 0 Å². The molecule has 8 heteroatoms. The van der Waals surface area contributed by atoms with Gasteiger partial charge in [0.05, 0.1) is 29.8 Å². The summed E-state index contributed by atoms with van der Waals surface area (Å²) in [6.07, 6.45) is 12.6. The smallest absolute Gasteiger partial charge is 0.143 e. The maximum absolute atomic E-state index is 13.6. The highest BCUT2D eigenvalue weighted by Crippen LogP contribution is 2.30. The van der Waals surface area contributed by atoms with Crippen molar-refractivity contribution in [2.45, 2.75) is 32.7 Å². The minimum absolute atomic E-state index is 0.411. The quantitative estimate of drug-likeness (QED) is 0.306. The summed E-state index contributed by atoms with van der Waals surface area (Å²) in [4.78, 5) is 10.9. The fraction of sp³-hybridized carbons (Fsp3) is 0.258. The molecule has 0 spiro atoms. The number of likely N-dealkylation sites (tertiary alicyclic amines) is 1. The molecule has 0 aliphatic carbocycles. The number of fused-ring (bicyclic) bond motifs is 1. The first-order valence-corrected chi connectivity index (χ1v) is 13.1. The molecule has 5 rings (SSSR count). The number of hydrogen-bond donors (Lipinski definition) is 2. The molecule has 0 aromatic carbocycles. The lowest BCUT2D eigenvalue weighted by Crippen LogP contribution is -2.39. The molecular weight excluding hydrogens is 489 g/mol. The molecule has 1 aliphatic heterocycles. The Morgan fingerprint density at radius 3 is 2.56 bits per heavy atom. The minimum atomic E-state index is -0.411. The molecule has 1 fully saturated rings. The van der Waals surface area contributed by atoms with E-state index in [0.29, 0.717) is 17.4 Å². The number of pyridine rings is 3. The van der Waals surface area contributed by atoms with Crippen LogP contribution in [0.1, 0.15) is 47.7 Å². The van der Waals surface area contributed by atoms with Crippen molar-refractivity contribution >= 4 is 28.2 Å². The molecule has 39 heavy (non-hydrogen) atoms. The third kappa shape index (κ3) is 5.76. The number of aryl methyl sites for hydroxylation is 1. The van der Waals surface area contributed by atoms with Gasteiger partial charge in [0, 0.05) is 58.3 Å². The van der Waals surface area contributed by atoms with Gasteiger partial charge in [0.15, 0.2) is 0 Å². The summed E-state index contributed by atoms with van der Waals surface area (Å²) < 4.78 is 15.5. The Labute approximate surface area is 228 Å². The highest BCUT2D eigenvalue weighted by Gasteiger charge is 2.19. The average molecular weight is 524 g/mol. The van der Waals surface area contributed by atoms with Crippen LogP contribution in [0.4, 0.5) is 10.1 Å². The van der Waals surface area contributed by atoms with E-state index in [2.05, 4.69) is 75.1 Å². The molecule has 0 unspecified atom stereocenters. The van der Waals surface area contributed by atoms with Crippen LogP contribution in [0.2, 0.25) is 0 Å². The first-order valence-electron chi connectivity index (χ1n) is 13.1. The molecule has 1 aliphatic rings. The van der Waals surface area contributed by atoms with Crippen molar-refractivity contribution in [3.8, 4) is 0 Å². The zero-order valence-corrected chi connectivity index (χ0v) is 22.7. The van der Waals surface area contributed by atoms with E-state index in [1.54, 1.807) is 12.4 Å². The Bertz CT molecular complexity index is 1560. The molecule has 0 atom stereocenters. The second-order valence-electron chi connectivity index (χ2n) is 10.1. The second-order valence-corrected chi connectivity index (χ2v) is 10.1. The fourth-order valence-electron chi connectivity index (χ4n) is 5.03. The van der Waals surface area contributed by atoms with Crippen LogP contribution in [-0.4, -0.2) is 50.7 Å². The van der Waals surface area contributed by atoms with Gasteiger partial charge in [0.1, 0.15) is 5.82 Å². The third-order valence-electron chi connectivity index (χ3n) is 7.27. The van der Waals surface area contributed by atoms with Gasteiger partial charge in [-0.05, 0) is 76.2 Å². The lowest BCUT2D eigenvalue weighted by Gasteiger charge is -2.30. The van der Waals surface area contributed by atoms with Gasteiger partial charge in [-0.15, -0.1) is 0 Å². The maximum atomic E-state index is 13.6. The van der Waals surface area contributed by atoms with Crippen molar-refractivity contribution in [2.24, 2.45) is 0 Å². The molecule has 0 radical (unpaired) electrons. The van der Waals surface area contributed by atoms with Gasteiger partial charge >= 0.3 is 0 Å². The molecule has 5 heterocycles. The first-order chi connectivity index (χ1) is 18.8. The van der Waals surface area contributed by atoms with Crippen LogP contribution in [0.25, 0.3) is 22.5 Å². The fourth-order valence-corrected chi connectivity index (χ4v) is 5.03. The molecule has 7 nitrogen and oxygen atoms in total. The van der Waals surface area contributed by atoms with Gasteiger partial charge in [0.25, 0.3) is 0 Å². The maximum Gasteiger partial charge on any atom is 0.143 e. The summed E-state index contributed by atoms with van der Waals surface area (Å²) in [7, 11) is 2.16. The van der Waals surface area contributed by atoms with E-state index >= 15 is 0 Å². The molecule has 0 bridgehead atoms. The van der Waals surface area contributed by atoms with E-state index in [4.69, 9.17) is 0 Å². The van der Waals surface area contributed by atoms with Crippen LogP contribution in [0.5, 0.6) is 0 Å². The van der Waals surface area contributed by atoms with Gasteiger partial charge < -0.3 is 15.5 Å². The van der Waals surface area contributed by atoms with E-state index in [1.165, 1.54) is 12.3 Å². The van der Waals surface area contributed by atoms with Crippen molar-refractivity contribution in [3.05, 3.63) is 108 Å². The highest BCUT2D eigenvalue weighted by atomic mass is 19.1. The van der Waals surface area contributed by atoms with Crippen LogP contribution in [-0.2, 0) is 0 Å². The summed E-state index contributed by atoms with van der Waals surface area (Å²) in [6, 6.07) is 8.06. The van der Waals surface area contributed by atoms with E-state index in [0.717, 1.165) is 70.7 Å². The van der Waals surface area contributed by atoms with Gasteiger partial charge in [-0.1, -0.05) is 19.2 Å². The number of piperidine rings is 1. The largest absolute Gasteiger partial charge is 0.382 e. The van der Waals surface area contributed by atoms with Crippen molar-refractivity contribution in [1.29, 1.82) is 0 Å². The Morgan fingerprint density at radius 2 is 1.82 bits per heavy atom. The molecule has 200 valence electrons. The Balaban J connectivity index is 1.42. The summed E-state index contributed by atoms with van der Waals surface area (Å²) >= 11 is 0. The highest BCUT2D eigenvalue weighted by molar-refractivity contribution is 5.86. The summed E-state index contributed by atoms with van der Waals surface area (Å²) in [6.45, 7) is 14.7. The summed E-state index contributed by atoms with van der Waals surface area (Å²) in [5, 5.41) is 11.3. The molecule has 0 amide bonds. The van der Waals surface area contributed by atoms with Gasteiger partial charge in [-0.2, -0.15) is 5.10 Å². The second kappa shape index (κ2) is 11.2. The summed E-state index contributed by atoms with van der Waals surface area (Å²) in [5.41, 5.74) is 8.81.